The smallest absolute Gasteiger partial charge is 0.275 e. The molecule has 0 saturated carbocycles. The monoisotopic (exact) mass is 285 g/mol. The van der Waals surface area contributed by atoms with Crippen molar-refractivity contribution < 1.29 is 9.63 Å². The van der Waals surface area contributed by atoms with Gasteiger partial charge in [-0.05, 0) is 31.1 Å². The standard InChI is InChI=1S/C11H15N3O2S2/c1-16-14-7-5-3-4-6-8(7)11(17-2)18-9(6)10(15)13-12/h3-5,12H2,1-2H3,(H,13,15). The number of nitrogen functional groups attached to an aromatic ring is 1. The van der Waals surface area contributed by atoms with Crippen molar-refractivity contribution in [2.24, 2.45) is 11.0 Å². The molecule has 0 aromatic carbocycles. The minimum Gasteiger partial charge on any atom is -0.399 e. The molecule has 98 valence electrons. The Kier molecular flexibility index (Phi) is 4.26. The molecule has 7 heteroatoms. The predicted octanol–water partition coefficient (Wildman–Crippen LogP) is 1.76. The van der Waals surface area contributed by atoms with E-state index in [1.165, 1.54) is 11.3 Å². The van der Waals surface area contributed by atoms with E-state index in [4.69, 9.17) is 10.7 Å². The second-order valence-electron chi connectivity index (χ2n) is 3.82. The van der Waals surface area contributed by atoms with Crippen molar-refractivity contribution in [1.82, 2.24) is 5.43 Å². The summed E-state index contributed by atoms with van der Waals surface area (Å²) in [6.07, 6.45) is 4.74. The molecule has 0 atom stereocenters. The maximum Gasteiger partial charge on any atom is 0.275 e. The summed E-state index contributed by atoms with van der Waals surface area (Å²) >= 11 is 3.10. The molecule has 0 aliphatic heterocycles. The van der Waals surface area contributed by atoms with Gasteiger partial charge in [0, 0.05) is 5.56 Å². The van der Waals surface area contributed by atoms with Crippen molar-refractivity contribution in [3.05, 3.63) is 16.0 Å². The second kappa shape index (κ2) is 5.73. The van der Waals surface area contributed by atoms with Crippen molar-refractivity contribution in [1.29, 1.82) is 0 Å². The van der Waals surface area contributed by atoms with Gasteiger partial charge in [-0.3, -0.25) is 10.2 Å². The number of hydrogen-bond acceptors (Lipinski definition) is 6. The fourth-order valence-electron chi connectivity index (χ4n) is 2.12. The first kappa shape index (κ1) is 13.4. The number of hydrogen-bond donors (Lipinski definition) is 2. The molecule has 0 saturated heterocycles. The van der Waals surface area contributed by atoms with E-state index < -0.39 is 0 Å². The summed E-state index contributed by atoms with van der Waals surface area (Å²) in [5.41, 5.74) is 5.25. The molecule has 3 N–H and O–H groups in total. The lowest BCUT2D eigenvalue weighted by molar-refractivity contribution is 0.0957. The van der Waals surface area contributed by atoms with Crippen LogP contribution in [0.1, 0.15) is 33.6 Å². The quantitative estimate of drug-likeness (QED) is 0.384. The molecule has 0 spiro atoms. The lowest BCUT2D eigenvalue weighted by Gasteiger charge is -2.15. The van der Waals surface area contributed by atoms with Crippen LogP contribution in [0.2, 0.25) is 0 Å². The van der Waals surface area contributed by atoms with Gasteiger partial charge in [-0.25, -0.2) is 5.84 Å². The average molecular weight is 285 g/mol. The fourth-order valence-corrected chi connectivity index (χ4v) is 4.16. The number of hydrazine groups is 1. The van der Waals surface area contributed by atoms with Crippen LogP contribution in [0.15, 0.2) is 9.36 Å². The van der Waals surface area contributed by atoms with Gasteiger partial charge in [0.05, 0.1) is 14.8 Å². The minimum atomic E-state index is -0.227. The van der Waals surface area contributed by atoms with E-state index in [9.17, 15) is 4.79 Å². The van der Waals surface area contributed by atoms with E-state index in [0.29, 0.717) is 4.88 Å². The van der Waals surface area contributed by atoms with Crippen LogP contribution in [0.3, 0.4) is 0 Å². The Labute approximate surface area is 114 Å². The van der Waals surface area contributed by atoms with Gasteiger partial charge in [-0.2, -0.15) is 0 Å². The number of amides is 1. The van der Waals surface area contributed by atoms with Gasteiger partial charge in [-0.1, -0.05) is 5.16 Å². The molecule has 1 aliphatic carbocycles. The zero-order valence-electron chi connectivity index (χ0n) is 10.3. The molecule has 1 amide bonds. The first-order valence-corrected chi connectivity index (χ1v) is 7.58. The van der Waals surface area contributed by atoms with Crippen LogP contribution in [0, 0.1) is 0 Å². The number of nitrogens with two attached hydrogens (primary N) is 1. The van der Waals surface area contributed by atoms with Crippen LogP contribution < -0.4 is 11.3 Å². The topological polar surface area (TPSA) is 76.7 Å². The Morgan fingerprint density at radius 1 is 1.56 bits per heavy atom. The van der Waals surface area contributed by atoms with E-state index >= 15 is 0 Å². The minimum absolute atomic E-state index is 0.227. The number of thiophene rings is 1. The molecule has 1 aromatic rings. The summed E-state index contributed by atoms with van der Waals surface area (Å²) in [4.78, 5) is 17.4. The largest absolute Gasteiger partial charge is 0.399 e. The van der Waals surface area contributed by atoms with Crippen molar-refractivity contribution in [2.45, 2.75) is 23.5 Å². The molecule has 0 unspecified atom stereocenters. The molecule has 2 rings (SSSR count). The van der Waals surface area contributed by atoms with E-state index in [1.807, 2.05) is 6.26 Å². The maximum atomic E-state index is 11.8. The number of rotatable bonds is 3. The van der Waals surface area contributed by atoms with Crippen LogP contribution in [0.5, 0.6) is 0 Å². The lowest BCUT2D eigenvalue weighted by Crippen LogP contribution is -2.30. The van der Waals surface area contributed by atoms with Gasteiger partial charge in [0.2, 0.25) is 0 Å². The predicted molar refractivity (Wildman–Crippen MR) is 74.2 cm³/mol. The Morgan fingerprint density at radius 3 is 2.94 bits per heavy atom. The molecule has 1 aromatic heterocycles. The molecule has 1 aliphatic rings. The number of thioether (sulfide) groups is 1. The third kappa shape index (κ3) is 2.25. The molecular weight excluding hydrogens is 270 g/mol. The Balaban J connectivity index is 2.56. The van der Waals surface area contributed by atoms with Crippen molar-refractivity contribution >= 4 is 34.7 Å². The van der Waals surface area contributed by atoms with Crippen molar-refractivity contribution in [3.63, 3.8) is 0 Å². The lowest BCUT2D eigenvalue weighted by atomic mass is 9.92. The first-order chi connectivity index (χ1) is 8.72. The molecule has 0 radical (unpaired) electrons. The highest BCUT2D eigenvalue weighted by atomic mass is 32.2. The summed E-state index contributed by atoms with van der Waals surface area (Å²) in [5.74, 6) is 5.00. The normalized spacial score (nSPS) is 16.5. The van der Waals surface area contributed by atoms with Gasteiger partial charge in [0.15, 0.2) is 0 Å². The third-order valence-corrected chi connectivity index (χ3v) is 5.18. The zero-order valence-corrected chi connectivity index (χ0v) is 11.9. The Hall–Kier alpha value is -1.05. The summed E-state index contributed by atoms with van der Waals surface area (Å²) in [7, 11) is 1.54. The van der Waals surface area contributed by atoms with Gasteiger partial charge < -0.3 is 4.84 Å². The van der Waals surface area contributed by atoms with Crippen LogP contribution >= 0.6 is 23.1 Å². The second-order valence-corrected chi connectivity index (χ2v) is 5.92. The first-order valence-electron chi connectivity index (χ1n) is 5.53. The average Bonchev–Trinajstić information content (AvgIpc) is 2.78. The molecule has 1 heterocycles. The fraction of sp³-hybridized carbons (Fsp3) is 0.455. The number of nitrogens with one attached hydrogen (secondary N) is 1. The molecule has 18 heavy (non-hydrogen) atoms. The van der Waals surface area contributed by atoms with Gasteiger partial charge >= 0.3 is 0 Å². The summed E-state index contributed by atoms with van der Waals surface area (Å²) in [5, 5.41) is 4.08. The summed E-state index contributed by atoms with van der Waals surface area (Å²) < 4.78 is 1.10. The highest BCUT2D eigenvalue weighted by molar-refractivity contribution is 8.00. The zero-order chi connectivity index (χ0) is 13.1. The Bertz CT molecular complexity index is 497. The van der Waals surface area contributed by atoms with Crippen LogP contribution in [-0.4, -0.2) is 25.0 Å². The molecule has 0 fully saturated rings. The number of oxime groups is 1. The summed E-state index contributed by atoms with van der Waals surface area (Å²) in [6.45, 7) is 0. The number of fused-ring (bicyclic) bond motifs is 1. The highest BCUT2D eigenvalue weighted by Crippen LogP contribution is 2.39. The SMILES string of the molecule is CON=C1CCCc2c(C(=O)NN)sc(SC)c21. The molecular formula is C11H15N3O2S2. The van der Waals surface area contributed by atoms with Crippen LogP contribution in [0.4, 0.5) is 0 Å². The van der Waals surface area contributed by atoms with Gasteiger partial charge in [-0.15, -0.1) is 23.1 Å². The van der Waals surface area contributed by atoms with E-state index in [0.717, 1.165) is 40.3 Å². The van der Waals surface area contributed by atoms with Gasteiger partial charge in [0.1, 0.15) is 7.11 Å². The Morgan fingerprint density at radius 2 is 2.33 bits per heavy atom. The third-order valence-electron chi connectivity index (χ3n) is 2.83. The van der Waals surface area contributed by atoms with Crippen LogP contribution in [-0.2, 0) is 11.3 Å². The number of carbonyl (C=O) groups is 1. The summed E-state index contributed by atoms with van der Waals surface area (Å²) in [6, 6.07) is 0. The molecule has 5 nitrogen and oxygen atoms in total. The van der Waals surface area contributed by atoms with E-state index in [-0.39, 0.29) is 5.91 Å². The number of nitrogens with zero attached hydrogens (tertiary/aromatic N) is 1. The van der Waals surface area contributed by atoms with E-state index in [1.54, 1.807) is 18.9 Å². The molecule has 0 bridgehead atoms. The van der Waals surface area contributed by atoms with E-state index in [2.05, 4.69) is 10.6 Å². The van der Waals surface area contributed by atoms with Crippen molar-refractivity contribution in [3.8, 4) is 0 Å². The highest BCUT2D eigenvalue weighted by Gasteiger charge is 2.28. The van der Waals surface area contributed by atoms with Crippen molar-refractivity contribution in [2.75, 3.05) is 13.4 Å². The van der Waals surface area contributed by atoms with Crippen LogP contribution in [0.25, 0.3) is 0 Å². The number of carbonyl (C=O) groups excluding carboxylic acids is 1. The maximum absolute atomic E-state index is 11.8. The van der Waals surface area contributed by atoms with Gasteiger partial charge in [0.25, 0.3) is 5.91 Å².